The van der Waals surface area contributed by atoms with Gasteiger partial charge in [-0.3, -0.25) is 0 Å². The molecule has 0 saturated heterocycles. The van der Waals surface area contributed by atoms with E-state index in [1.54, 1.807) is 6.92 Å². The van der Waals surface area contributed by atoms with Crippen molar-refractivity contribution < 1.29 is 8.78 Å². The Morgan fingerprint density at radius 2 is 1.68 bits per heavy atom. The van der Waals surface area contributed by atoms with Gasteiger partial charge in [0, 0.05) is 15.2 Å². The van der Waals surface area contributed by atoms with Gasteiger partial charge < -0.3 is 0 Å². The maximum absolute atomic E-state index is 13.9. The SMILES string of the molecule is Cc1cc(C(Cl)c2cccc(C)c2I)c(F)cc1F. The van der Waals surface area contributed by atoms with Gasteiger partial charge in [-0.1, -0.05) is 18.2 Å². The Kier molecular flexibility index (Phi) is 4.46. The molecule has 2 aromatic carbocycles. The zero-order valence-corrected chi connectivity index (χ0v) is 13.4. The second kappa shape index (κ2) is 5.75. The molecule has 1 atom stereocenters. The first-order chi connectivity index (χ1) is 8.91. The third kappa shape index (κ3) is 2.92. The fraction of sp³-hybridized carbons (Fsp3) is 0.200. The van der Waals surface area contributed by atoms with E-state index in [2.05, 4.69) is 22.6 Å². The topological polar surface area (TPSA) is 0 Å². The third-order valence-corrected chi connectivity index (χ3v) is 4.99. The van der Waals surface area contributed by atoms with Crippen LogP contribution in [0.1, 0.15) is 27.6 Å². The summed E-state index contributed by atoms with van der Waals surface area (Å²) in [6.45, 7) is 3.57. The minimum absolute atomic E-state index is 0.309. The van der Waals surface area contributed by atoms with E-state index < -0.39 is 17.0 Å². The van der Waals surface area contributed by atoms with Gasteiger partial charge in [-0.25, -0.2) is 8.78 Å². The molecule has 4 heteroatoms. The van der Waals surface area contributed by atoms with Gasteiger partial charge in [0.25, 0.3) is 0 Å². The van der Waals surface area contributed by atoms with Crippen LogP contribution >= 0.6 is 34.2 Å². The van der Waals surface area contributed by atoms with E-state index in [-0.39, 0.29) is 0 Å². The molecule has 0 radical (unpaired) electrons. The standard InChI is InChI=1S/C15H12ClF2I/c1-8-4-3-5-10(15(8)19)14(16)11-6-9(2)12(17)7-13(11)18/h3-7,14H,1-2H3. The summed E-state index contributed by atoms with van der Waals surface area (Å²) >= 11 is 8.56. The predicted molar refractivity (Wildman–Crippen MR) is 82.7 cm³/mol. The molecule has 0 heterocycles. The van der Waals surface area contributed by atoms with Gasteiger partial charge in [-0.05, 0) is 59.2 Å². The smallest absolute Gasteiger partial charge is 0.131 e. The minimum atomic E-state index is -0.619. The molecule has 0 nitrogen and oxygen atoms in total. The fourth-order valence-corrected chi connectivity index (χ4v) is 3.11. The molecule has 1 unspecified atom stereocenters. The van der Waals surface area contributed by atoms with Gasteiger partial charge in [0.2, 0.25) is 0 Å². The number of aryl methyl sites for hydroxylation is 2. The average molecular weight is 393 g/mol. The highest BCUT2D eigenvalue weighted by atomic mass is 127. The normalized spacial score (nSPS) is 12.5. The highest BCUT2D eigenvalue weighted by Gasteiger charge is 2.19. The van der Waals surface area contributed by atoms with Crippen LogP contribution in [-0.4, -0.2) is 0 Å². The molecule has 0 saturated carbocycles. The monoisotopic (exact) mass is 392 g/mol. The number of hydrogen-bond acceptors (Lipinski definition) is 0. The average Bonchev–Trinajstić information content (AvgIpc) is 2.36. The highest BCUT2D eigenvalue weighted by molar-refractivity contribution is 14.1. The van der Waals surface area contributed by atoms with Crippen molar-refractivity contribution in [1.29, 1.82) is 0 Å². The summed E-state index contributed by atoms with van der Waals surface area (Å²) in [6, 6.07) is 8.09. The lowest BCUT2D eigenvalue weighted by Gasteiger charge is -2.15. The van der Waals surface area contributed by atoms with E-state index in [1.807, 2.05) is 25.1 Å². The number of rotatable bonds is 2. The molecule has 2 rings (SSSR count). The molecule has 2 aromatic rings. The second-order valence-electron chi connectivity index (χ2n) is 4.46. The number of benzene rings is 2. The Bertz CT molecular complexity index is 626. The molecule has 0 amide bonds. The third-order valence-electron chi connectivity index (χ3n) is 3.05. The van der Waals surface area contributed by atoms with E-state index in [4.69, 9.17) is 11.6 Å². The highest BCUT2D eigenvalue weighted by Crippen LogP contribution is 2.35. The van der Waals surface area contributed by atoms with Gasteiger partial charge in [-0.2, -0.15) is 0 Å². The Morgan fingerprint density at radius 1 is 1.00 bits per heavy atom. The second-order valence-corrected chi connectivity index (χ2v) is 5.98. The molecule has 0 fully saturated rings. The van der Waals surface area contributed by atoms with Crippen LogP contribution in [0.4, 0.5) is 8.78 Å². The van der Waals surface area contributed by atoms with Crippen molar-refractivity contribution in [2.75, 3.05) is 0 Å². The van der Waals surface area contributed by atoms with Crippen molar-refractivity contribution in [2.45, 2.75) is 19.2 Å². The molecule has 0 bridgehead atoms. The van der Waals surface area contributed by atoms with Crippen LogP contribution in [0.3, 0.4) is 0 Å². The molecule has 0 aliphatic rings. The largest absolute Gasteiger partial charge is 0.207 e. The van der Waals surface area contributed by atoms with Crippen LogP contribution in [0.25, 0.3) is 0 Å². The van der Waals surface area contributed by atoms with Crippen LogP contribution in [-0.2, 0) is 0 Å². The van der Waals surface area contributed by atoms with Crippen molar-refractivity contribution in [3.8, 4) is 0 Å². The Morgan fingerprint density at radius 3 is 2.37 bits per heavy atom. The minimum Gasteiger partial charge on any atom is -0.207 e. The van der Waals surface area contributed by atoms with E-state index in [9.17, 15) is 8.78 Å². The summed E-state index contributed by atoms with van der Waals surface area (Å²) in [5.74, 6) is -1.16. The fourth-order valence-electron chi connectivity index (χ4n) is 1.91. The van der Waals surface area contributed by atoms with E-state index >= 15 is 0 Å². The van der Waals surface area contributed by atoms with Crippen molar-refractivity contribution in [3.05, 3.63) is 67.8 Å². The molecule has 19 heavy (non-hydrogen) atoms. The van der Waals surface area contributed by atoms with Crippen molar-refractivity contribution in [2.24, 2.45) is 0 Å². The summed E-state index contributed by atoms with van der Waals surface area (Å²) in [6.07, 6.45) is 0. The zero-order valence-electron chi connectivity index (χ0n) is 10.5. The first-order valence-electron chi connectivity index (χ1n) is 5.76. The lowest BCUT2D eigenvalue weighted by atomic mass is 10.0. The molecule has 0 spiro atoms. The van der Waals surface area contributed by atoms with Crippen molar-refractivity contribution >= 4 is 34.2 Å². The molecule has 0 N–H and O–H groups in total. The summed E-state index contributed by atoms with van der Waals surface area (Å²) in [7, 11) is 0. The maximum atomic E-state index is 13.9. The van der Waals surface area contributed by atoms with Crippen molar-refractivity contribution in [3.63, 3.8) is 0 Å². The van der Waals surface area contributed by atoms with Crippen LogP contribution in [0.15, 0.2) is 30.3 Å². The van der Waals surface area contributed by atoms with E-state index in [1.165, 1.54) is 6.07 Å². The zero-order chi connectivity index (χ0) is 14.2. The summed E-state index contributed by atoms with van der Waals surface area (Å²) in [4.78, 5) is 0. The summed E-state index contributed by atoms with van der Waals surface area (Å²) in [5.41, 5.74) is 2.63. The van der Waals surface area contributed by atoms with Gasteiger partial charge in [0.05, 0.1) is 5.38 Å². The molecule has 100 valence electrons. The van der Waals surface area contributed by atoms with Crippen LogP contribution in [0.5, 0.6) is 0 Å². The summed E-state index contributed by atoms with van der Waals surface area (Å²) < 4.78 is 28.2. The van der Waals surface area contributed by atoms with Gasteiger partial charge in [-0.15, -0.1) is 11.6 Å². The quantitative estimate of drug-likeness (QED) is 0.467. The number of hydrogen-bond donors (Lipinski definition) is 0. The van der Waals surface area contributed by atoms with Crippen LogP contribution in [0, 0.1) is 29.1 Å². The molecule has 0 aliphatic heterocycles. The molecule has 0 aromatic heterocycles. The van der Waals surface area contributed by atoms with E-state index in [0.717, 1.165) is 20.8 Å². The Hall–Kier alpha value is -0.680. The molecule has 0 aliphatic carbocycles. The van der Waals surface area contributed by atoms with Gasteiger partial charge >= 0.3 is 0 Å². The first kappa shape index (κ1) is 14.7. The van der Waals surface area contributed by atoms with Crippen LogP contribution in [0.2, 0.25) is 0 Å². The Balaban J connectivity index is 2.53. The van der Waals surface area contributed by atoms with Gasteiger partial charge in [0.1, 0.15) is 11.6 Å². The molecular weight excluding hydrogens is 381 g/mol. The summed E-state index contributed by atoms with van der Waals surface area (Å²) in [5, 5.41) is -0.619. The lowest BCUT2D eigenvalue weighted by molar-refractivity contribution is 0.568. The maximum Gasteiger partial charge on any atom is 0.131 e. The number of halogens is 4. The lowest BCUT2D eigenvalue weighted by Crippen LogP contribution is -2.02. The van der Waals surface area contributed by atoms with E-state index in [0.29, 0.717) is 11.1 Å². The van der Waals surface area contributed by atoms with Crippen LogP contribution < -0.4 is 0 Å². The van der Waals surface area contributed by atoms with Crippen molar-refractivity contribution in [1.82, 2.24) is 0 Å². The first-order valence-corrected chi connectivity index (χ1v) is 7.28. The predicted octanol–water partition coefficient (Wildman–Crippen LogP) is 5.51. The van der Waals surface area contributed by atoms with Gasteiger partial charge in [0.15, 0.2) is 0 Å². The molecular formula is C15H12ClF2I. The number of alkyl halides is 1. The Labute approximate surface area is 129 Å².